The van der Waals surface area contributed by atoms with Crippen LogP contribution >= 0.6 is 0 Å². The van der Waals surface area contributed by atoms with Crippen molar-refractivity contribution in [3.63, 3.8) is 0 Å². The lowest BCUT2D eigenvalue weighted by Crippen LogP contribution is -2.56. The molecule has 96 valence electrons. The lowest BCUT2D eigenvalue weighted by atomic mass is 9.98. The maximum absolute atomic E-state index is 11.9. The molecule has 1 saturated heterocycles. The Labute approximate surface area is 104 Å². The summed E-state index contributed by atoms with van der Waals surface area (Å²) in [5.74, 6) is 0.449. The van der Waals surface area contributed by atoms with Gasteiger partial charge in [0.05, 0.1) is 5.92 Å². The number of nitrogens with one attached hydrogen (secondary N) is 1. The first-order chi connectivity index (χ1) is 8.63. The second-order valence-electron chi connectivity index (χ2n) is 5.01. The van der Waals surface area contributed by atoms with Gasteiger partial charge in [0.25, 0.3) is 5.91 Å². The number of hydrogen-bond acceptors (Lipinski definition) is 4. The Balaban J connectivity index is 1.52. The molecule has 0 spiro atoms. The van der Waals surface area contributed by atoms with Gasteiger partial charge in [0.1, 0.15) is 5.76 Å². The number of rotatable bonds is 3. The Morgan fingerprint density at radius 2 is 2.17 bits per heavy atom. The first-order valence-corrected chi connectivity index (χ1v) is 6.16. The van der Waals surface area contributed by atoms with Gasteiger partial charge in [-0.25, -0.2) is 0 Å². The first kappa shape index (κ1) is 11.3. The van der Waals surface area contributed by atoms with Gasteiger partial charge in [-0.15, -0.1) is 0 Å². The van der Waals surface area contributed by atoms with E-state index in [1.165, 1.54) is 0 Å². The predicted octanol–water partition coefficient (Wildman–Crippen LogP) is 0.334. The number of nitrogens with zero attached hydrogens (tertiary/aromatic N) is 2. The molecule has 1 saturated carbocycles. The van der Waals surface area contributed by atoms with Gasteiger partial charge in [0, 0.05) is 25.2 Å². The van der Waals surface area contributed by atoms with Crippen LogP contribution in [0.15, 0.2) is 10.6 Å². The Kier molecular flexibility index (Phi) is 2.57. The molecule has 1 aliphatic heterocycles. The van der Waals surface area contributed by atoms with Crippen molar-refractivity contribution in [1.29, 1.82) is 0 Å². The molecule has 1 N–H and O–H groups in total. The molecule has 0 radical (unpaired) electrons. The van der Waals surface area contributed by atoms with Crippen LogP contribution in [-0.2, 0) is 4.79 Å². The fourth-order valence-corrected chi connectivity index (χ4v) is 1.99. The molecule has 2 amide bonds. The van der Waals surface area contributed by atoms with Crippen molar-refractivity contribution in [2.75, 3.05) is 13.1 Å². The van der Waals surface area contributed by atoms with Gasteiger partial charge in [0.15, 0.2) is 5.69 Å². The molecule has 0 unspecified atom stereocenters. The lowest BCUT2D eigenvalue weighted by Gasteiger charge is -2.37. The van der Waals surface area contributed by atoms with Crippen molar-refractivity contribution in [3.8, 4) is 0 Å². The lowest BCUT2D eigenvalue weighted by molar-refractivity contribution is -0.129. The van der Waals surface area contributed by atoms with Crippen LogP contribution in [0.1, 0.15) is 29.1 Å². The second-order valence-corrected chi connectivity index (χ2v) is 5.01. The zero-order valence-corrected chi connectivity index (χ0v) is 10.2. The highest BCUT2D eigenvalue weighted by Crippen LogP contribution is 2.23. The van der Waals surface area contributed by atoms with E-state index in [1.54, 1.807) is 17.9 Å². The van der Waals surface area contributed by atoms with E-state index in [4.69, 9.17) is 4.52 Å². The number of aryl methyl sites for hydroxylation is 1. The van der Waals surface area contributed by atoms with Crippen LogP contribution in [0.3, 0.4) is 0 Å². The third-order valence-corrected chi connectivity index (χ3v) is 3.31. The summed E-state index contributed by atoms with van der Waals surface area (Å²) < 4.78 is 4.86. The van der Waals surface area contributed by atoms with Crippen molar-refractivity contribution in [3.05, 3.63) is 17.5 Å². The number of likely N-dealkylation sites (tertiary alicyclic amines) is 1. The smallest absolute Gasteiger partial charge is 0.276 e. The molecule has 1 aromatic heterocycles. The van der Waals surface area contributed by atoms with Crippen LogP contribution in [0.5, 0.6) is 0 Å². The third kappa shape index (κ3) is 2.10. The molecule has 18 heavy (non-hydrogen) atoms. The molecule has 6 nitrogen and oxygen atoms in total. The van der Waals surface area contributed by atoms with Crippen molar-refractivity contribution in [2.45, 2.75) is 25.8 Å². The average Bonchev–Trinajstić information content (AvgIpc) is 2.95. The molecule has 2 fully saturated rings. The van der Waals surface area contributed by atoms with E-state index >= 15 is 0 Å². The maximum atomic E-state index is 11.9. The van der Waals surface area contributed by atoms with E-state index in [0.717, 1.165) is 12.8 Å². The van der Waals surface area contributed by atoms with Crippen molar-refractivity contribution in [1.82, 2.24) is 15.4 Å². The molecule has 0 atom stereocenters. The number of amides is 2. The van der Waals surface area contributed by atoms with Crippen LogP contribution in [0.25, 0.3) is 0 Å². The number of hydrogen-bond donors (Lipinski definition) is 1. The molecule has 2 aliphatic rings. The highest BCUT2D eigenvalue weighted by atomic mass is 16.5. The fraction of sp³-hybridized carbons (Fsp3) is 0.583. The third-order valence-electron chi connectivity index (χ3n) is 3.31. The van der Waals surface area contributed by atoms with Crippen molar-refractivity contribution in [2.24, 2.45) is 5.92 Å². The molecular formula is C12H15N3O3. The Hall–Kier alpha value is -1.85. The summed E-state index contributed by atoms with van der Waals surface area (Å²) >= 11 is 0. The predicted molar refractivity (Wildman–Crippen MR) is 61.8 cm³/mol. The Morgan fingerprint density at radius 3 is 2.72 bits per heavy atom. The maximum Gasteiger partial charge on any atom is 0.276 e. The minimum absolute atomic E-state index is 0.0671. The van der Waals surface area contributed by atoms with Crippen LogP contribution in [0.4, 0.5) is 0 Å². The number of aromatic nitrogens is 1. The van der Waals surface area contributed by atoms with Gasteiger partial charge >= 0.3 is 0 Å². The van der Waals surface area contributed by atoms with Gasteiger partial charge in [-0.1, -0.05) is 5.16 Å². The first-order valence-electron chi connectivity index (χ1n) is 6.16. The quantitative estimate of drug-likeness (QED) is 0.837. The summed E-state index contributed by atoms with van der Waals surface area (Å²) in [7, 11) is 0. The van der Waals surface area contributed by atoms with E-state index in [9.17, 15) is 9.59 Å². The second kappa shape index (κ2) is 4.12. The zero-order chi connectivity index (χ0) is 12.7. The van der Waals surface area contributed by atoms with E-state index in [1.807, 2.05) is 0 Å². The van der Waals surface area contributed by atoms with Crippen molar-refractivity contribution >= 4 is 11.8 Å². The summed E-state index contributed by atoms with van der Waals surface area (Å²) in [4.78, 5) is 25.2. The normalized spacial score (nSPS) is 19.5. The Morgan fingerprint density at radius 1 is 1.44 bits per heavy atom. The number of carbonyl (C=O) groups is 2. The summed E-state index contributed by atoms with van der Waals surface area (Å²) in [5, 5.41) is 6.63. The topological polar surface area (TPSA) is 75.4 Å². The highest BCUT2D eigenvalue weighted by Gasteiger charge is 2.38. The molecule has 0 bridgehead atoms. The van der Waals surface area contributed by atoms with Crippen LogP contribution < -0.4 is 5.32 Å². The Bertz CT molecular complexity index is 487. The zero-order valence-electron chi connectivity index (χ0n) is 10.2. The largest absolute Gasteiger partial charge is 0.361 e. The van der Waals surface area contributed by atoms with Crippen molar-refractivity contribution < 1.29 is 14.1 Å². The molecule has 1 aromatic rings. The van der Waals surface area contributed by atoms with Gasteiger partial charge in [0.2, 0.25) is 5.91 Å². The van der Waals surface area contributed by atoms with Gasteiger partial charge in [-0.2, -0.15) is 0 Å². The molecule has 6 heteroatoms. The van der Waals surface area contributed by atoms with Crippen LogP contribution in [0.2, 0.25) is 0 Å². The summed E-state index contributed by atoms with van der Waals surface area (Å²) in [6.07, 6.45) is 2.17. The SMILES string of the molecule is Cc1cc(C(=O)N2CC(C(=O)NC3CC3)C2)no1. The molecular weight excluding hydrogens is 234 g/mol. The summed E-state index contributed by atoms with van der Waals surface area (Å²) in [5.41, 5.74) is 0.313. The van der Waals surface area contributed by atoms with E-state index < -0.39 is 0 Å². The van der Waals surface area contributed by atoms with Gasteiger partial charge in [-0.05, 0) is 19.8 Å². The average molecular weight is 249 g/mol. The van der Waals surface area contributed by atoms with Crippen LogP contribution in [0, 0.1) is 12.8 Å². The summed E-state index contributed by atoms with van der Waals surface area (Å²) in [6, 6.07) is 1.99. The molecule has 0 aromatic carbocycles. The summed E-state index contributed by atoms with van der Waals surface area (Å²) in [6.45, 7) is 2.69. The minimum Gasteiger partial charge on any atom is -0.361 e. The molecule has 3 rings (SSSR count). The van der Waals surface area contributed by atoms with Crippen LogP contribution in [-0.4, -0.2) is 41.0 Å². The van der Waals surface area contributed by atoms with E-state index in [2.05, 4.69) is 10.5 Å². The standard InChI is InChI=1S/C12H15N3O3/c1-7-4-10(14-18-7)12(17)15-5-8(6-15)11(16)13-9-2-3-9/h4,8-9H,2-3,5-6H2,1H3,(H,13,16). The van der Waals surface area contributed by atoms with E-state index in [-0.39, 0.29) is 17.7 Å². The monoisotopic (exact) mass is 249 g/mol. The minimum atomic E-state index is -0.165. The van der Waals surface area contributed by atoms with Gasteiger partial charge < -0.3 is 14.7 Å². The molecule has 2 heterocycles. The van der Waals surface area contributed by atoms with Gasteiger partial charge in [-0.3, -0.25) is 9.59 Å². The molecule has 1 aliphatic carbocycles. The highest BCUT2D eigenvalue weighted by molar-refractivity contribution is 5.94. The van der Waals surface area contributed by atoms with E-state index in [0.29, 0.717) is 30.6 Å². The fourth-order valence-electron chi connectivity index (χ4n) is 1.99. The number of carbonyl (C=O) groups excluding carboxylic acids is 2.